The number of benzene rings is 2. The van der Waals surface area contributed by atoms with Crippen molar-refractivity contribution < 1.29 is 23.4 Å². The van der Waals surface area contributed by atoms with Crippen molar-refractivity contribution in [2.45, 2.75) is 18.3 Å². The van der Waals surface area contributed by atoms with Crippen molar-refractivity contribution in [2.24, 2.45) is 0 Å². The van der Waals surface area contributed by atoms with Crippen LogP contribution in [0.4, 0.5) is 10.1 Å². The van der Waals surface area contributed by atoms with E-state index < -0.39 is 0 Å². The molecule has 0 bridgehead atoms. The number of allylic oxidation sites excluding steroid dienone is 1. The van der Waals surface area contributed by atoms with Gasteiger partial charge in [-0.15, -0.1) is 16.8 Å². The molecule has 0 aliphatic heterocycles. The fourth-order valence-corrected chi connectivity index (χ4v) is 3.51. The monoisotopic (exact) mass is 458 g/mol. The molecule has 0 saturated carbocycles. The fourth-order valence-electron chi connectivity index (χ4n) is 2.74. The minimum absolute atomic E-state index is 0.114. The number of hydrogen-bond donors (Lipinski definition) is 1. The van der Waals surface area contributed by atoms with Crippen LogP contribution in [0.1, 0.15) is 5.82 Å². The number of amides is 1. The highest BCUT2D eigenvalue weighted by Crippen LogP contribution is 2.29. The molecule has 1 N–H and O–H groups in total. The lowest BCUT2D eigenvalue weighted by molar-refractivity contribution is -0.113. The summed E-state index contributed by atoms with van der Waals surface area (Å²) in [6.45, 7) is 4.35. The molecule has 0 radical (unpaired) electrons. The molecule has 1 aromatic heterocycles. The van der Waals surface area contributed by atoms with Crippen LogP contribution in [-0.2, 0) is 17.9 Å². The highest BCUT2D eigenvalue weighted by molar-refractivity contribution is 7.99. The van der Waals surface area contributed by atoms with E-state index in [0.717, 1.165) is 0 Å². The van der Waals surface area contributed by atoms with Gasteiger partial charge in [-0.3, -0.25) is 9.36 Å². The van der Waals surface area contributed by atoms with Gasteiger partial charge in [0.1, 0.15) is 29.7 Å². The summed E-state index contributed by atoms with van der Waals surface area (Å²) in [6.07, 6.45) is 1.71. The lowest BCUT2D eigenvalue weighted by atomic mass is 10.2. The zero-order valence-corrected chi connectivity index (χ0v) is 18.5. The third-order valence-electron chi connectivity index (χ3n) is 4.30. The van der Waals surface area contributed by atoms with Gasteiger partial charge in [-0.2, -0.15) is 0 Å². The number of carbonyl (C=O) groups excluding carboxylic acids is 1. The van der Waals surface area contributed by atoms with Crippen molar-refractivity contribution in [3.05, 3.63) is 66.8 Å². The van der Waals surface area contributed by atoms with Crippen LogP contribution in [-0.4, -0.2) is 40.6 Å². The molecule has 0 atom stereocenters. The molecule has 0 aliphatic rings. The van der Waals surface area contributed by atoms with Crippen molar-refractivity contribution in [3.63, 3.8) is 0 Å². The summed E-state index contributed by atoms with van der Waals surface area (Å²) >= 11 is 1.24. The van der Waals surface area contributed by atoms with Crippen LogP contribution in [0.15, 0.2) is 60.3 Å². The van der Waals surface area contributed by atoms with E-state index in [1.54, 1.807) is 31.4 Å². The van der Waals surface area contributed by atoms with E-state index in [0.29, 0.717) is 40.5 Å². The Labute approximate surface area is 189 Å². The summed E-state index contributed by atoms with van der Waals surface area (Å²) in [5.41, 5.74) is 0.542. The first-order valence-electron chi connectivity index (χ1n) is 9.60. The van der Waals surface area contributed by atoms with Crippen LogP contribution in [0.3, 0.4) is 0 Å². The van der Waals surface area contributed by atoms with Gasteiger partial charge in [0, 0.05) is 12.6 Å². The van der Waals surface area contributed by atoms with Gasteiger partial charge in [0.15, 0.2) is 11.0 Å². The Balaban J connectivity index is 1.62. The highest BCUT2D eigenvalue weighted by atomic mass is 32.2. The van der Waals surface area contributed by atoms with Crippen LogP contribution >= 0.6 is 11.8 Å². The molecule has 0 spiro atoms. The van der Waals surface area contributed by atoms with Gasteiger partial charge in [-0.05, 0) is 36.4 Å². The second-order valence-corrected chi connectivity index (χ2v) is 7.39. The smallest absolute Gasteiger partial charge is 0.234 e. The number of carbonyl (C=O) groups is 1. The maximum absolute atomic E-state index is 13.0. The number of thioether (sulfide) groups is 1. The quantitative estimate of drug-likeness (QED) is 0.344. The minimum atomic E-state index is -0.337. The molecule has 2 aromatic carbocycles. The van der Waals surface area contributed by atoms with Crippen molar-refractivity contribution >= 4 is 23.4 Å². The Bertz CT molecular complexity index is 1070. The third-order valence-corrected chi connectivity index (χ3v) is 5.27. The summed E-state index contributed by atoms with van der Waals surface area (Å²) in [4.78, 5) is 12.5. The first-order chi connectivity index (χ1) is 15.5. The maximum atomic E-state index is 13.0. The van der Waals surface area contributed by atoms with Gasteiger partial charge in [-0.25, -0.2) is 4.39 Å². The number of aromatic nitrogens is 3. The molecule has 3 rings (SSSR count). The molecule has 0 saturated heterocycles. The largest absolute Gasteiger partial charge is 0.497 e. The Morgan fingerprint density at radius 2 is 1.91 bits per heavy atom. The highest BCUT2D eigenvalue weighted by Gasteiger charge is 2.15. The molecule has 168 valence electrons. The van der Waals surface area contributed by atoms with Gasteiger partial charge in [-0.1, -0.05) is 17.8 Å². The molecular weight excluding hydrogens is 435 g/mol. The standard InChI is InChI=1S/C22H23FN4O4S/c1-4-11-27-20(13-31-16-7-5-15(23)6-8-16)25-26-22(27)32-14-21(28)24-18-10-9-17(29-2)12-19(18)30-3/h4-10,12H,1,11,13-14H2,2-3H3,(H,24,28). The molecule has 10 heteroatoms. The Hall–Kier alpha value is -3.53. The Kier molecular flexibility index (Phi) is 8.09. The molecule has 8 nitrogen and oxygen atoms in total. The molecule has 1 heterocycles. The van der Waals surface area contributed by atoms with E-state index in [2.05, 4.69) is 22.1 Å². The minimum Gasteiger partial charge on any atom is -0.497 e. The second-order valence-electron chi connectivity index (χ2n) is 6.44. The molecule has 32 heavy (non-hydrogen) atoms. The molecule has 0 aliphatic carbocycles. The number of anilines is 1. The van der Waals surface area contributed by atoms with Crippen LogP contribution in [0, 0.1) is 5.82 Å². The van der Waals surface area contributed by atoms with Crippen molar-refractivity contribution in [3.8, 4) is 17.2 Å². The average Bonchev–Trinajstić information content (AvgIpc) is 3.19. The molecular formula is C22H23FN4O4S. The summed E-state index contributed by atoms with van der Waals surface area (Å²) in [7, 11) is 3.08. The number of nitrogens with one attached hydrogen (secondary N) is 1. The SMILES string of the molecule is C=CCn1c(COc2ccc(F)cc2)nnc1SCC(=O)Nc1ccc(OC)cc1OC. The van der Waals surface area contributed by atoms with Crippen LogP contribution in [0.25, 0.3) is 0 Å². The van der Waals surface area contributed by atoms with E-state index in [1.165, 1.54) is 43.1 Å². The van der Waals surface area contributed by atoms with Gasteiger partial charge < -0.3 is 19.5 Å². The summed E-state index contributed by atoms with van der Waals surface area (Å²) in [5, 5.41) is 11.7. The molecule has 0 unspecified atom stereocenters. The third kappa shape index (κ3) is 6.01. The number of halogens is 1. The summed E-state index contributed by atoms with van der Waals surface area (Å²) in [5.74, 6) is 1.76. The van der Waals surface area contributed by atoms with E-state index >= 15 is 0 Å². The first-order valence-corrected chi connectivity index (χ1v) is 10.6. The van der Waals surface area contributed by atoms with Crippen molar-refractivity contribution in [1.82, 2.24) is 14.8 Å². The van der Waals surface area contributed by atoms with Gasteiger partial charge >= 0.3 is 0 Å². The van der Waals surface area contributed by atoms with Gasteiger partial charge in [0.05, 0.1) is 25.7 Å². The number of hydrogen-bond acceptors (Lipinski definition) is 7. The molecule has 3 aromatic rings. The normalized spacial score (nSPS) is 10.5. The Morgan fingerprint density at radius 3 is 2.59 bits per heavy atom. The fraction of sp³-hybridized carbons (Fsp3) is 0.227. The van der Waals surface area contributed by atoms with Crippen LogP contribution < -0.4 is 19.5 Å². The number of rotatable bonds is 11. The number of nitrogens with zero attached hydrogens (tertiary/aromatic N) is 3. The zero-order valence-electron chi connectivity index (χ0n) is 17.7. The molecule has 0 fully saturated rings. The predicted octanol–water partition coefficient (Wildman–Crippen LogP) is 3.93. The van der Waals surface area contributed by atoms with E-state index in [4.69, 9.17) is 14.2 Å². The molecule has 1 amide bonds. The van der Waals surface area contributed by atoms with E-state index in [-0.39, 0.29) is 24.1 Å². The summed E-state index contributed by atoms with van der Waals surface area (Å²) in [6, 6.07) is 10.9. The van der Waals surface area contributed by atoms with Crippen LogP contribution in [0.5, 0.6) is 17.2 Å². The lowest BCUT2D eigenvalue weighted by Crippen LogP contribution is -2.15. The maximum Gasteiger partial charge on any atom is 0.234 e. The number of methoxy groups -OCH3 is 2. The van der Waals surface area contributed by atoms with E-state index in [9.17, 15) is 9.18 Å². The van der Waals surface area contributed by atoms with Crippen molar-refractivity contribution in [2.75, 3.05) is 25.3 Å². The predicted molar refractivity (Wildman–Crippen MR) is 120 cm³/mol. The Morgan fingerprint density at radius 1 is 1.16 bits per heavy atom. The topological polar surface area (TPSA) is 87.5 Å². The van der Waals surface area contributed by atoms with Gasteiger partial charge in [0.2, 0.25) is 5.91 Å². The van der Waals surface area contributed by atoms with Gasteiger partial charge in [0.25, 0.3) is 0 Å². The second kappa shape index (κ2) is 11.2. The van der Waals surface area contributed by atoms with E-state index in [1.807, 2.05) is 4.57 Å². The number of ether oxygens (including phenoxy) is 3. The first kappa shape index (κ1) is 23.1. The van der Waals surface area contributed by atoms with Crippen molar-refractivity contribution in [1.29, 1.82) is 0 Å². The average molecular weight is 459 g/mol. The van der Waals surface area contributed by atoms with Crippen LogP contribution in [0.2, 0.25) is 0 Å². The summed E-state index contributed by atoms with van der Waals surface area (Å²) < 4.78 is 31.0. The zero-order chi connectivity index (χ0) is 22.9. The lowest BCUT2D eigenvalue weighted by Gasteiger charge is -2.12.